The molecule has 0 atom stereocenters. The smallest absolute Gasteiger partial charge is 0.146 e. The molecule has 1 rings (SSSR count). The molecular weight excluding hydrogens is 162 g/mol. The third-order valence-corrected chi connectivity index (χ3v) is 3.02. The van der Waals surface area contributed by atoms with E-state index in [1.54, 1.807) is 0 Å². The summed E-state index contributed by atoms with van der Waals surface area (Å²) in [6.45, 7) is 0.227. The molecule has 0 aliphatic heterocycles. The van der Waals surface area contributed by atoms with Crippen LogP contribution >= 0.6 is 0 Å². The van der Waals surface area contributed by atoms with Crippen LogP contribution in [0.3, 0.4) is 0 Å². The zero-order chi connectivity index (χ0) is 9.52. The van der Waals surface area contributed by atoms with E-state index in [1.165, 1.54) is 38.5 Å². The zero-order valence-electron chi connectivity index (χ0n) is 8.43. The summed E-state index contributed by atoms with van der Waals surface area (Å²) in [4.78, 5) is 10.9. The van der Waals surface area contributed by atoms with Crippen LogP contribution in [0.2, 0.25) is 0 Å². The maximum Gasteiger partial charge on any atom is 0.146 e. The van der Waals surface area contributed by atoms with Crippen LogP contribution in [0.25, 0.3) is 0 Å². The maximum atomic E-state index is 10.9. The van der Waals surface area contributed by atoms with Crippen molar-refractivity contribution in [3.8, 4) is 0 Å². The molecule has 0 heterocycles. The van der Waals surface area contributed by atoms with E-state index in [-0.39, 0.29) is 12.3 Å². The first-order valence-electron chi connectivity index (χ1n) is 5.54. The summed E-state index contributed by atoms with van der Waals surface area (Å²) >= 11 is 0. The van der Waals surface area contributed by atoms with Crippen LogP contribution in [0.15, 0.2) is 0 Å². The lowest BCUT2D eigenvalue weighted by molar-refractivity contribution is -0.117. The predicted molar refractivity (Wildman–Crippen MR) is 54.5 cm³/mol. The van der Waals surface area contributed by atoms with Gasteiger partial charge in [0.25, 0.3) is 0 Å². The fourth-order valence-electron chi connectivity index (χ4n) is 2.17. The lowest BCUT2D eigenvalue weighted by Crippen LogP contribution is -2.14. The Morgan fingerprint density at radius 3 is 2.54 bits per heavy atom. The van der Waals surface area contributed by atoms with Crippen molar-refractivity contribution in [1.82, 2.24) is 0 Å². The molecule has 0 amide bonds. The molecule has 1 fully saturated rings. The fraction of sp³-hybridized carbons (Fsp3) is 0.909. The molecule has 0 aromatic heterocycles. The van der Waals surface area contributed by atoms with Gasteiger partial charge < -0.3 is 5.73 Å². The molecule has 0 radical (unpaired) electrons. The molecule has 0 spiro atoms. The average Bonchev–Trinajstić information content (AvgIpc) is 2.19. The Labute approximate surface area is 80.9 Å². The molecule has 2 nitrogen and oxygen atoms in total. The summed E-state index contributed by atoms with van der Waals surface area (Å²) in [5.41, 5.74) is 5.24. The fourth-order valence-corrected chi connectivity index (χ4v) is 2.17. The van der Waals surface area contributed by atoms with Gasteiger partial charge in [0.2, 0.25) is 0 Å². The zero-order valence-corrected chi connectivity index (χ0v) is 8.43. The van der Waals surface area contributed by atoms with E-state index in [9.17, 15) is 4.79 Å². The number of rotatable bonds is 5. The highest BCUT2D eigenvalue weighted by Gasteiger charge is 2.13. The van der Waals surface area contributed by atoms with Gasteiger partial charge in [-0.3, -0.25) is 4.79 Å². The van der Waals surface area contributed by atoms with Gasteiger partial charge in [0.05, 0.1) is 6.54 Å². The van der Waals surface area contributed by atoms with Gasteiger partial charge >= 0.3 is 0 Å². The standard InChI is InChI=1S/C11H21NO/c12-9-11(13)8-4-7-10-5-2-1-3-6-10/h10H,1-9,12H2. The molecule has 1 aliphatic rings. The van der Waals surface area contributed by atoms with Crippen LogP contribution in [0.1, 0.15) is 51.4 Å². The van der Waals surface area contributed by atoms with E-state index in [4.69, 9.17) is 5.73 Å². The molecule has 1 aliphatic carbocycles. The molecule has 2 heteroatoms. The summed E-state index contributed by atoms with van der Waals surface area (Å²) in [6, 6.07) is 0. The van der Waals surface area contributed by atoms with Crippen LogP contribution in [0.4, 0.5) is 0 Å². The molecule has 2 N–H and O–H groups in total. The van der Waals surface area contributed by atoms with Crippen molar-refractivity contribution in [3.05, 3.63) is 0 Å². The highest BCUT2D eigenvalue weighted by molar-refractivity contribution is 5.80. The van der Waals surface area contributed by atoms with Crippen molar-refractivity contribution in [2.24, 2.45) is 11.7 Å². The third kappa shape index (κ3) is 4.41. The number of hydrogen-bond donors (Lipinski definition) is 1. The Morgan fingerprint density at radius 2 is 1.92 bits per heavy atom. The average molecular weight is 183 g/mol. The largest absolute Gasteiger partial charge is 0.324 e. The Morgan fingerprint density at radius 1 is 1.23 bits per heavy atom. The first-order chi connectivity index (χ1) is 6.33. The van der Waals surface area contributed by atoms with Gasteiger partial charge in [0.1, 0.15) is 5.78 Å². The molecule has 0 unspecified atom stereocenters. The highest BCUT2D eigenvalue weighted by Crippen LogP contribution is 2.27. The van der Waals surface area contributed by atoms with Crippen LogP contribution < -0.4 is 5.73 Å². The molecule has 1 saturated carbocycles. The normalized spacial score (nSPS) is 18.8. The second-order valence-electron chi connectivity index (χ2n) is 4.14. The van der Waals surface area contributed by atoms with E-state index in [2.05, 4.69) is 0 Å². The van der Waals surface area contributed by atoms with E-state index in [0.29, 0.717) is 6.42 Å². The van der Waals surface area contributed by atoms with Crippen molar-refractivity contribution in [3.63, 3.8) is 0 Å². The second-order valence-corrected chi connectivity index (χ2v) is 4.14. The number of hydrogen-bond acceptors (Lipinski definition) is 2. The van der Waals surface area contributed by atoms with Gasteiger partial charge in [0, 0.05) is 6.42 Å². The first-order valence-corrected chi connectivity index (χ1v) is 5.54. The molecule has 76 valence electrons. The molecule has 0 bridgehead atoms. The number of nitrogens with two attached hydrogens (primary N) is 1. The van der Waals surface area contributed by atoms with Crippen LogP contribution in [0, 0.1) is 5.92 Å². The van der Waals surface area contributed by atoms with Gasteiger partial charge in [-0.1, -0.05) is 38.5 Å². The van der Waals surface area contributed by atoms with E-state index >= 15 is 0 Å². The number of carbonyl (C=O) groups excluding carboxylic acids is 1. The minimum Gasteiger partial charge on any atom is -0.324 e. The highest BCUT2D eigenvalue weighted by atomic mass is 16.1. The van der Waals surface area contributed by atoms with Crippen molar-refractivity contribution >= 4 is 5.78 Å². The lowest BCUT2D eigenvalue weighted by atomic mass is 9.85. The van der Waals surface area contributed by atoms with Crippen molar-refractivity contribution in [2.45, 2.75) is 51.4 Å². The second kappa shape index (κ2) is 6.14. The summed E-state index contributed by atoms with van der Waals surface area (Å²) in [5, 5.41) is 0. The van der Waals surface area contributed by atoms with Gasteiger partial charge in [-0.05, 0) is 12.3 Å². The monoisotopic (exact) mass is 183 g/mol. The number of carbonyl (C=O) groups is 1. The Bertz CT molecular complexity index is 150. The van der Waals surface area contributed by atoms with Crippen LogP contribution in [-0.4, -0.2) is 12.3 Å². The molecule has 0 saturated heterocycles. The Balaban J connectivity index is 2.01. The predicted octanol–water partition coefficient (Wildman–Crippen LogP) is 2.26. The van der Waals surface area contributed by atoms with E-state index in [0.717, 1.165) is 12.3 Å². The summed E-state index contributed by atoms with van der Waals surface area (Å²) in [5.74, 6) is 1.12. The summed E-state index contributed by atoms with van der Waals surface area (Å²) in [7, 11) is 0. The third-order valence-electron chi connectivity index (χ3n) is 3.02. The molecular formula is C11H21NO. The summed E-state index contributed by atoms with van der Waals surface area (Å²) < 4.78 is 0. The maximum absolute atomic E-state index is 10.9. The van der Waals surface area contributed by atoms with Crippen molar-refractivity contribution in [1.29, 1.82) is 0 Å². The first kappa shape index (κ1) is 10.7. The minimum atomic E-state index is 0.218. The van der Waals surface area contributed by atoms with Crippen LogP contribution in [-0.2, 0) is 4.79 Å². The Hall–Kier alpha value is -0.370. The van der Waals surface area contributed by atoms with Crippen molar-refractivity contribution in [2.75, 3.05) is 6.54 Å². The van der Waals surface area contributed by atoms with E-state index in [1.807, 2.05) is 0 Å². The Kier molecular flexibility index (Phi) is 5.06. The van der Waals surface area contributed by atoms with Gasteiger partial charge in [-0.15, -0.1) is 0 Å². The SMILES string of the molecule is NCC(=O)CCCC1CCCCC1. The number of Topliss-reactive ketones (excluding diaryl/α,β-unsaturated/α-hetero) is 1. The quantitative estimate of drug-likeness (QED) is 0.710. The minimum absolute atomic E-state index is 0.218. The van der Waals surface area contributed by atoms with Gasteiger partial charge in [0.15, 0.2) is 0 Å². The van der Waals surface area contributed by atoms with E-state index < -0.39 is 0 Å². The molecule has 0 aromatic rings. The van der Waals surface area contributed by atoms with Crippen molar-refractivity contribution < 1.29 is 4.79 Å². The molecule has 0 aromatic carbocycles. The summed E-state index contributed by atoms with van der Waals surface area (Å²) in [6.07, 6.45) is 9.98. The topological polar surface area (TPSA) is 43.1 Å². The van der Waals surface area contributed by atoms with Crippen LogP contribution in [0.5, 0.6) is 0 Å². The van der Waals surface area contributed by atoms with Gasteiger partial charge in [-0.2, -0.15) is 0 Å². The lowest BCUT2D eigenvalue weighted by Gasteiger charge is -2.20. The van der Waals surface area contributed by atoms with Gasteiger partial charge in [-0.25, -0.2) is 0 Å². The molecule has 13 heavy (non-hydrogen) atoms. The number of ketones is 1.